The number of amides is 1. The molecule has 2 saturated heterocycles. The van der Waals surface area contributed by atoms with Crippen molar-refractivity contribution in [2.75, 3.05) is 44.8 Å². The van der Waals surface area contributed by atoms with Crippen molar-refractivity contribution < 1.29 is 17.9 Å². The average molecular weight is 417 g/mol. The number of piperazine rings is 1. The molecule has 0 N–H and O–H groups in total. The molecule has 0 aromatic heterocycles. The fourth-order valence-electron chi connectivity index (χ4n) is 3.34. The number of halogens is 1. The van der Waals surface area contributed by atoms with E-state index in [1.165, 1.54) is 0 Å². The summed E-state index contributed by atoms with van der Waals surface area (Å²) in [6.45, 7) is 2.70. The van der Waals surface area contributed by atoms with Crippen LogP contribution in [0.4, 0.5) is 0 Å². The zero-order valence-electron chi connectivity index (χ0n) is 13.6. The van der Waals surface area contributed by atoms with E-state index in [4.69, 9.17) is 4.74 Å². The molecule has 0 aliphatic carbocycles. The SMILES string of the molecule is COc1ccc(C(=O)N2CCN([C@@H]3CCS(=O)(=O)C3)CC2)cc1Br. The van der Waals surface area contributed by atoms with E-state index in [0.29, 0.717) is 30.8 Å². The lowest BCUT2D eigenvalue weighted by Crippen LogP contribution is -2.52. The van der Waals surface area contributed by atoms with Crippen LogP contribution in [0.2, 0.25) is 0 Å². The van der Waals surface area contributed by atoms with Crippen LogP contribution >= 0.6 is 15.9 Å². The van der Waals surface area contributed by atoms with Crippen LogP contribution in [0.25, 0.3) is 0 Å². The van der Waals surface area contributed by atoms with E-state index in [0.717, 1.165) is 17.6 Å². The maximum atomic E-state index is 12.6. The van der Waals surface area contributed by atoms with Crippen LogP contribution in [0, 0.1) is 0 Å². The van der Waals surface area contributed by atoms with Gasteiger partial charge in [0, 0.05) is 37.8 Å². The summed E-state index contributed by atoms with van der Waals surface area (Å²) in [5, 5.41) is 0. The third-order valence-corrected chi connectivity index (χ3v) is 7.10. The molecule has 3 rings (SSSR count). The first kappa shape index (κ1) is 17.7. The Bertz CT molecular complexity index is 730. The van der Waals surface area contributed by atoms with Gasteiger partial charge in [-0.3, -0.25) is 9.69 Å². The Morgan fingerprint density at radius 2 is 1.96 bits per heavy atom. The summed E-state index contributed by atoms with van der Waals surface area (Å²) < 4.78 is 29.2. The van der Waals surface area contributed by atoms with E-state index >= 15 is 0 Å². The van der Waals surface area contributed by atoms with E-state index in [2.05, 4.69) is 20.8 Å². The maximum Gasteiger partial charge on any atom is 0.253 e. The van der Waals surface area contributed by atoms with Gasteiger partial charge in [-0.15, -0.1) is 0 Å². The highest BCUT2D eigenvalue weighted by atomic mass is 79.9. The van der Waals surface area contributed by atoms with Gasteiger partial charge >= 0.3 is 0 Å². The van der Waals surface area contributed by atoms with Gasteiger partial charge in [0.1, 0.15) is 5.75 Å². The van der Waals surface area contributed by atoms with Gasteiger partial charge in [0.15, 0.2) is 9.84 Å². The molecule has 0 bridgehead atoms. The number of rotatable bonds is 3. The highest BCUT2D eigenvalue weighted by Gasteiger charge is 2.34. The predicted molar refractivity (Wildman–Crippen MR) is 95.2 cm³/mol. The molecule has 132 valence electrons. The van der Waals surface area contributed by atoms with Crippen LogP contribution < -0.4 is 4.74 Å². The van der Waals surface area contributed by atoms with Crippen LogP contribution in [0.1, 0.15) is 16.8 Å². The van der Waals surface area contributed by atoms with Crippen molar-refractivity contribution in [3.05, 3.63) is 28.2 Å². The standard InChI is InChI=1S/C16H21BrN2O4S/c1-23-15-3-2-12(10-14(15)17)16(20)19-7-5-18(6-8-19)13-4-9-24(21,22)11-13/h2-3,10,13H,4-9,11H2,1H3/t13-/m1/s1. The van der Waals surface area contributed by atoms with Gasteiger partial charge in [-0.05, 0) is 40.5 Å². The van der Waals surface area contributed by atoms with Crippen molar-refractivity contribution in [2.24, 2.45) is 0 Å². The molecule has 0 saturated carbocycles. The first-order chi connectivity index (χ1) is 11.4. The van der Waals surface area contributed by atoms with Crippen LogP contribution in [0.15, 0.2) is 22.7 Å². The largest absolute Gasteiger partial charge is 0.496 e. The normalized spacial score (nSPS) is 24.1. The fourth-order valence-corrected chi connectivity index (χ4v) is 5.64. The van der Waals surface area contributed by atoms with Crippen molar-refractivity contribution in [3.8, 4) is 5.75 Å². The second-order valence-corrected chi connectivity index (χ2v) is 9.32. The van der Waals surface area contributed by atoms with Crippen LogP contribution in [-0.2, 0) is 9.84 Å². The fraction of sp³-hybridized carbons (Fsp3) is 0.562. The molecule has 1 aromatic carbocycles. The number of benzene rings is 1. The Balaban J connectivity index is 1.60. The lowest BCUT2D eigenvalue weighted by Gasteiger charge is -2.37. The molecule has 6 nitrogen and oxygen atoms in total. The lowest BCUT2D eigenvalue weighted by molar-refractivity contribution is 0.0587. The highest BCUT2D eigenvalue weighted by Crippen LogP contribution is 2.26. The molecule has 1 aromatic rings. The first-order valence-corrected chi connectivity index (χ1v) is 10.6. The van der Waals surface area contributed by atoms with Crippen LogP contribution in [-0.4, -0.2) is 75.0 Å². The Morgan fingerprint density at radius 1 is 1.25 bits per heavy atom. The Hall–Kier alpha value is -1.12. The van der Waals surface area contributed by atoms with E-state index < -0.39 is 9.84 Å². The topological polar surface area (TPSA) is 66.9 Å². The minimum absolute atomic E-state index is 0.00273. The molecule has 24 heavy (non-hydrogen) atoms. The molecule has 2 fully saturated rings. The lowest BCUT2D eigenvalue weighted by atomic mass is 10.1. The minimum atomic E-state index is -2.87. The molecule has 2 aliphatic rings. The van der Waals surface area contributed by atoms with E-state index in [9.17, 15) is 13.2 Å². The molecule has 0 radical (unpaired) electrons. The second-order valence-electron chi connectivity index (χ2n) is 6.23. The van der Waals surface area contributed by atoms with Gasteiger partial charge in [-0.25, -0.2) is 8.42 Å². The molecule has 0 spiro atoms. The average Bonchev–Trinajstić information content (AvgIpc) is 2.94. The first-order valence-electron chi connectivity index (χ1n) is 7.97. The zero-order chi connectivity index (χ0) is 17.3. The van der Waals surface area contributed by atoms with Crippen LogP contribution in [0.5, 0.6) is 5.75 Å². The summed E-state index contributed by atoms with van der Waals surface area (Å²) in [6, 6.07) is 5.43. The zero-order valence-corrected chi connectivity index (χ0v) is 16.0. The maximum absolute atomic E-state index is 12.6. The number of carbonyl (C=O) groups excluding carboxylic acids is 1. The third kappa shape index (κ3) is 3.75. The van der Waals surface area contributed by atoms with Gasteiger partial charge in [-0.2, -0.15) is 0 Å². The summed E-state index contributed by atoms with van der Waals surface area (Å²) in [6.07, 6.45) is 0.710. The Kier molecular flexibility index (Phi) is 5.17. The minimum Gasteiger partial charge on any atom is -0.496 e. The second kappa shape index (κ2) is 7.01. The number of ether oxygens (including phenoxy) is 1. The molecule has 8 heteroatoms. The Labute approximate surface area is 150 Å². The van der Waals surface area contributed by atoms with Crippen molar-refractivity contribution in [1.82, 2.24) is 9.80 Å². The number of hydrogen-bond acceptors (Lipinski definition) is 5. The van der Waals surface area contributed by atoms with Gasteiger partial charge in [0.25, 0.3) is 5.91 Å². The summed E-state index contributed by atoms with van der Waals surface area (Å²) >= 11 is 3.40. The summed E-state index contributed by atoms with van der Waals surface area (Å²) in [5.41, 5.74) is 0.625. The van der Waals surface area contributed by atoms with E-state index in [1.54, 1.807) is 25.3 Å². The van der Waals surface area contributed by atoms with E-state index in [-0.39, 0.29) is 23.5 Å². The monoisotopic (exact) mass is 416 g/mol. The molecule has 1 atom stereocenters. The molecular weight excluding hydrogens is 396 g/mol. The van der Waals surface area contributed by atoms with Gasteiger partial charge in [0.05, 0.1) is 23.1 Å². The molecule has 2 heterocycles. The molecule has 0 unspecified atom stereocenters. The number of methoxy groups -OCH3 is 1. The molecule has 1 amide bonds. The third-order valence-electron chi connectivity index (χ3n) is 4.73. The van der Waals surface area contributed by atoms with Gasteiger partial charge in [0.2, 0.25) is 0 Å². The van der Waals surface area contributed by atoms with Crippen molar-refractivity contribution >= 4 is 31.7 Å². The highest BCUT2D eigenvalue weighted by molar-refractivity contribution is 9.10. The van der Waals surface area contributed by atoms with Gasteiger partial charge < -0.3 is 9.64 Å². The molecule has 2 aliphatic heterocycles. The van der Waals surface area contributed by atoms with Gasteiger partial charge in [-0.1, -0.05) is 0 Å². The number of sulfone groups is 1. The molecular formula is C16H21BrN2O4S. The van der Waals surface area contributed by atoms with Crippen molar-refractivity contribution in [3.63, 3.8) is 0 Å². The number of carbonyl (C=O) groups is 1. The summed E-state index contributed by atoms with van der Waals surface area (Å²) in [5.74, 6) is 1.24. The van der Waals surface area contributed by atoms with Crippen LogP contribution in [0.3, 0.4) is 0 Å². The number of hydrogen-bond donors (Lipinski definition) is 0. The van der Waals surface area contributed by atoms with Crippen molar-refractivity contribution in [1.29, 1.82) is 0 Å². The Morgan fingerprint density at radius 3 is 2.50 bits per heavy atom. The number of nitrogens with zero attached hydrogens (tertiary/aromatic N) is 2. The quantitative estimate of drug-likeness (QED) is 0.744. The summed E-state index contributed by atoms with van der Waals surface area (Å²) in [7, 11) is -1.28. The smallest absolute Gasteiger partial charge is 0.253 e. The predicted octanol–water partition coefficient (Wildman–Crippen LogP) is 1.40. The van der Waals surface area contributed by atoms with E-state index in [1.807, 2.05) is 4.90 Å². The van der Waals surface area contributed by atoms with Crippen molar-refractivity contribution in [2.45, 2.75) is 12.5 Å². The summed E-state index contributed by atoms with van der Waals surface area (Å²) in [4.78, 5) is 16.7.